The number of esters is 1. The molecule has 0 saturated heterocycles. The first kappa shape index (κ1) is 27.6. The van der Waals surface area contributed by atoms with Crippen molar-refractivity contribution < 1.29 is 19.0 Å². The van der Waals surface area contributed by atoms with Gasteiger partial charge in [-0.1, -0.05) is 43.5 Å². The van der Waals surface area contributed by atoms with Crippen LogP contribution in [0.3, 0.4) is 0 Å². The zero-order valence-electron chi connectivity index (χ0n) is 24.1. The standard InChI is InChI=1S/C34H36N4O4/c1-3-41-33(39)19-25-11-13-27(40-2)20-32(25)42-21-31-29-18-24(23-10-9-22-15-16-36-34(35)28(22)17-23)12-14-30(29)37-38(31)26-7-5-4-6-8-26/h9-18,20,26H,3-8,19,21H2,1-2H3,(H2,35,36). The molecule has 0 atom stereocenters. The highest BCUT2D eigenvalue weighted by Gasteiger charge is 2.23. The summed E-state index contributed by atoms with van der Waals surface area (Å²) in [6, 6.07) is 20.5. The highest BCUT2D eigenvalue weighted by molar-refractivity contribution is 5.95. The van der Waals surface area contributed by atoms with Crippen LogP contribution < -0.4 is 15.2 Å². The van der Waals surface area contributed by atoms with E-state index >= 15 is 0 Å². The van der Waals surface area contributed by atoms with E-state index in [9.17, 15) is 4.79 Å². The molecule has 1 aliphatic rings. The monoisotopic (exact) mass is 564 g/mol. The Morgan fingerprint density at radius 2 is 1.76 bits per heavy atom. The highest BCUT2D eigenvalue weighted by Crippen LogP contribution is 2.35. The van der Waals surface area contributed by atoms with Crippen molar-refractivity contribution in [2.45, 2.75) is 58.1 Å². The summed E-state index contributed by atoms with van der Waals surface area (Å²) in [6.45, 7) is 2.44. The van der Waals surface area contributed by atoms with Gasteiger partial charge in [0.05, 0.1) is 37.4 Å². The molecule has 1 aliphatic carbocycles. The van der Waals surface area contributed by atoms with Gasteiger partial charge in [-0.05, 0) is 66.6 Å². The van der Waals surface area contributed by atoms with Crippen molar-refractivity contribution in [2.75, 3.05) is 19.5 Å². The number of pyridine rings is 1. The van der Waals surface area contributed by atoms with Crippen molar-refractivity contribution in [3.63, 3.8) is 0 Å². The summed E-state index contributed by atoms with van der Waals surface area (Å²) in [7, 11) is 1.62. The summed E-state index contributed by atoms with van der Waals surface area (Å²) in [4.78, 5) is 16.6. The van der Waals surface area contributed by atoms with Gasteiger partial charge in [-0.3, -0.25) is 9.48 Å². The van der Waals surface area contributed by atoms with Gasteiger partial charge in [0.25, 0.3) is 0 Å². The lowest BCUT2D eigenvalue weighted by molar-refractivity contribution is -0.142. The third-order valence-electron chi connectivity index (χ3n) is 8.13. The molecule has 42 heavy (non-hydrogen) atoms. The number of nitrogen functional groups attached to an aromatic ring is 1. The predicted octanol–water partition coefficient (Wildman–Crippen LogP) is 7.03. The Labute approximate surface area is 245 Å². The number of fused-ring (bicyclic) bond motifs is 2. The molecule has 0 radical (unpaired) electrons. The van der Waals surface area contributed by atoms with Gasteiger partial charge >= 0.3 is 5.97 Å². The molecule has 0 amide bonds. The number of hydrogen-bond acceptors (Lipinski definition) is 7. The van der Waals surface area contributed by atoms with E-state index in [-0.39, 0.29) is 12.4 Å². The van der Waals surface area contributed by atoms with Crippen molar-refractivity contribution in [3.8, 4) is 22.6 Å². The van der Waals surface area contributed by atoms with Crippen LogP contribution in [-0.4, -0.2) is 34.5 Å². The van der Waals surface area contributed by atoms with E-state index in [1.807, 2.05) is 24.3 Å². The van der Waals surface area contributed by atoms with Crippen LogP contribution in [0.15, 0.2) is 66.9 Å². The van der Waals surface area contributed by atoms with E-state index in [1.165, 1.54) is 19.3 Å². The summed E-state index contributed by atoms with van der Waals surface area (Å²) < 4.78 is 19.3. The molecule has 6 rings (SSSR count). The zero-order valence-corrected chi connectivity index (χ0v) is 24.1. The quantitative estimate of drug-likeness (QED) is 0.192. The summed E-state index contributed by atoms with van der Waals surface area (Å²) >= 11 is 0. The molecule has 3 aromatic carbocycles. The number of nitrogens with zero attached hydrogens (tertiary/aromatic N) is 3. The normalized spacial score (nSPS) is 13.9. The fourth-order valence-electron chi connectivity index (χ4n) is 5.93. The third-order valence-corrected chi connectivity index (χ3v) is 8.13. The summed E-state index contributed by atoms with van der Waals surface area (Å²) in [5.74, 6) is 1.49. The van der Waals surface area contributed by atoms with Crippen LogP contribution in [0.25, 0.3) is 32.8 Å². The first-order valence-electron chi connectivity index (χ1n) is 14.6. The SMILES string of the molecule is CCOC(=O)Cc1ccc(OC)cc1OCc1c2cc(-c3ccc4ccnc(N)c4c3)ccc2nn1C1CCCCC1. The number of hydrogen-bond donors (Lipinski definition) is 1. The van der Waals surface area contributed by atoms with E-state index in [0.717, 1.165) is 56.9 Å². The van der Waals surface area contributed by atoms with Crippen molar-refractivity contribution in [1.82, 2.24) is 14.8 Å². The molecule has 0 unspecified atom stereocenters. The van der Waals surface area contributed by atoms with Crippen LogP contribution >= 0.6 is 0 Å². The van der Waals surface area contributed by atoms with Crippen LogP contribution in [0.5, 0.6) is 11.5 Å². The average molecular weight is 565 g/mol. The van der Waals surface area contributed by atoms with E-state index in [0.29, 0.717) is 36.6 Å². The number of carbonyl (C=O) groups is 1. The number of aromatic nitrogens is 3. The largest absolute Gasteiger partial charge is 0.497 e. The molecule has 1 saturated carbocycles. The molecule has 0 bridgehead atoms. The Kier molecular flexibility index (Phi) is 7.95. The molecular formula is C34H36N4O4. The van der Waals surface area contributed by atoms with Gasteiger partial charge in [0.15, 0.2) is 0 Å². The molecule has 1 fully saturated rings. The summed E-state index contributed by atoms with van der Waals surface area (Å²) in [5, 5.41) is 8.13. The molecular weight excluding hydrogens is 528 g/mol. The van der Waals surface area contributed by atoms with Crippen LogP contribution in [-0.2, 0) is 22.6 Å². The van der Waals surface area contributed by atoms with E-state index in [1.54, 1.807) is 20.2 Å². The topological polar surface area (TPSA) is 101 Å². The fraction of sp³-hybridized carbons (Fsp3) is 0.324. The van der Waals surface area contributed by atoms with E-state index < -0.39 is 0 Å². The van der Waals surface area contributed by atoms with Gasteiger partial charge in [-0.25, -0.2) is 4.98 Å². The molecule has 2 heterocycles. The second-order valence-electron chi connectivity index (χ2n) is 10.8. The Hall–Kier alpha value is -4.59. The van der Waals surface area contributed by atoms with Gasteiger partial charge in [-0.2, -0.15) is 5.10 Å². The maximum absolute atomic E-state index is 12.3. The highest BCUT2D eigenvalue weighted by atomic mass is 16.5. The van der Waals surface area contributed by atoms with E-state index in [2.05, 4.69) is 46.1 Å². The van der Waals surface area contributed by atoms with Crippen molar-refractivity contribution in [2.24, 2.45) is 0 Å². The molecule has 0 aliphatic heterocycles. The van der Waals surface area contributed by atoms with Crippen molar-refractivity contribution in [3.05, 3.63) is 78.1 Å². The lowest BCUT2D eigenvalue weighted by Crippen LogP contribution is -2.18. The maximum Gasteiger partial charge on any atom is 0.310 e. The van der Waals surface area contributed by atoms with Gasteiger partial charge in [0.2, 0.25) is 0 Å². The van der Waals surface area contributed by atoms with E-state index in [4.69, 9.17) is 25.0 Å². The smallest absolute Gasteiger partial charge is 0.310 e. The molecule has 8 nitrogen and oxygen atoms in total. The van der Waals surface area contributed by atoms with Gasteiger partial charge in [0, 0.05) is 28.6 Å². The number of anilines is 1. The Morgan fingerprint density at radius 3 is 2.55 bits per heavy atom. The zero-order chi connectivity index (χ0) is 29.1. The van der Waals surface area contributed by atoms with Gasteiger partial charge in [0.1, 0.15) is 23.9 Å². The predicted molar refractivity (Wildman–Crippen MR) is 165 cm³/mol. The minimum Gasteiger partial charge on any atom is -0.497 e. The number of rotatable bonds is 9. The minimum atomic E-state index is -0.291. The second kappa shape index (κ2) is 12.1. The van der Waals surface area contributed by atoms with Crippen molar-refractivity contribution >= 4 is 33.5 Å². The fourth-order valence-corrected chi connectivity index (χ4v) is 5.93. The average Bonchev–Trinajstić information content (AvgIpc) is 3.39. The van der Waals surface area contributed by atoms with Crippen molar-refractivity contribution in [1.29, 1.82) is 0 Å². The Bertz CT molecular complexity index is 1740. The minimum absolute atomic E-state index is 0.125. The first-order chi connectivity index (χ1) is 20.5. The number of methoxy groups -OCH3 is 1. The summed E-state index contributed by atoms with van der Waals surface area (Å²) in [5.41, 5.74) is 11.0. The molecule has 5 aromatic rings. The second-order valence-corrected chi connectivity index (χ2v) is 10.8. The maximum atomic E-state index is 12.3. The number of nitrogens with two attached hydrogens (primary N) is 1. The number of carbonyl (C=O) groups excluding carboxylic acids is 1. The van der Waals surface area contributed by atoms with Gasteiger partial charge < -0.3 is 19.9 Å². The van der Waals surface area contributed by atoms with Crippen LogP contribution in [0.2, 0.25) is 0 Å². The Balaban J connectivity index is 1.40. The molecule has 2 aromatic heterocycles. The van der Waals surface area contributed by atoms with Gasteiger partial charge in [-0.15, -0.1) is 0 Å². The lowest BCUT2D eigenvalue weighted by atomic mass is 9.95. The molecule has 8 heteroatoms. The third kappa shape index (κ3) is 5.62. The molecule has 2 N–H and O–H groups in total. The number of ether oxygens (including phenoxy) is 3. The number of benzene rings is 3. The molecule has 216 valence electrons. The van der Waals surface area contributed by atoms with Crippen LogP contribution in [0, 0.1) is 0 Å². The lowest BCUT2D eigenvalue weighted by Gasteiger charge is -2.24. The molecule has 0 spiro atoms. The van der Waals surface area contributed by atoms with Crippen LogP contribution in [0.4, 0.5) is 5.82 Å². The summed E-state index contributed by atoms with van der Waals surface area (Å²) in [6.07, 6.45) is 7.69. The van der Waals surface area contributed by atoms with Crippen LogP contribution in [0.1, 0.15) is 56.3 Å². The first-order valence-corrected chi connectivity index (χ1v) is 14.6. The Morgan fingerprint density at radius 1 is 0.976 bits per heavy atom.